The van der Waals surface area contributed by atoms with Gasteiger partial charge in [0.15, 0.2) is 0 Å². The molecule has 4 rings (SSSR count). The summed E-state index contributed by atoms with van der Waals surface area (Å²) in [7, 11) is -7.45. The highest BCUT2D eigenvalue weighted by Gasteiger charge is 2.27. The third kappa shape index (κ3) is 7.76. The second-order valence-corrected chi connectivity index (χ2v) is 14.2. The summed E-state index contributed by atoms with van der Waals surface area (Å²) in [6.07, 6.45) is 3.22. The maximum atomic E-state index is 13.4. The zero-order valence-electron chi connectivity index (χ0n) is 21.5. The molecule has 3 aromatic rings. The average Bonchev–Trinajstić information content (AvgIpc) is 2.95. The molecule has 0 aromatic heterocycles. The minimum Gasteiger partial charge on any atom is -0.351 e. The number of amides is 1. The van der Waals surface area contributed by atoms with Gasteiger partial charge in [-0.25, -0.2) is 16.8 Å². The Morgan fingerprint density at radius 2 is 1.41 bits per heavy atom. The van der Waals surface area contributed by atoms with Gasteiger partial charge < -0.3 is 5.32 Å². The van der Waals surface area contributed by atoms with Gasteiger partial charge in [-0.05, 0) is 66.8 Å². The Hall–Kier alpha value is -2.57. The van der Waals surface area contributed by atoms with Crippen LogP contribution in [0.25, 0.3) is 0 Å². The number of halogens is 1. The van der Waals surface area contributed by atoms with Crippen molar-refractivity contribution >= 4 is 41.9 Å². The quantitative estimate of drug-likeness (QED) is 0.341. The Morgan fingerprint density at radius 3 is 2.05 bits per heavy atom. The first-order chi connectivity index (χ1) is 18.7. The average molecular weight is 635 g/mol. The van der Waals surface area contributed by atoms with Crippen molar-refractivity contribution in [3.63, 3.8) is 0 Å². The number of carbonyl (C=O) groups excluding carboxylic acids is 1. The zero-order valence-corrected chi connectivity index (χ0v) is 24.7. The summed E-state index contributed by atoms with van der Waals surface area (Å²) in [6.45, 7) is 1.01. The predicted octanol–water partition coefficient (Wildman–Crippen LogP) is 4.17. The number of benzene rings is 3. The van der Waals surface area contributed by atoms with Crippen molar-refractivity contribution in [1.29, 1.82) is 0 Å². The standard InChI is InChI=1S/C28H32BrN3O5S2/c29-25-11-15-27(16-12-25)39(36,37)32(20-17-23-7-3-1-4-8-23)22-28(33)30-21-24-9-13-26(14-10-24)38(34,35)31-18-5-2-6-19-31/h1,3-4,7-16H,2,5-6,17-22H2,(H,30,33). The first-order valence-corrected chi connectivity index (χ1v) is 16.5. The van der Waals surface area contributed by atoms with E-state index in [0.29, 0.717) is 25.1 Å². The fourth-order valence-corrected chi connectivity index (χ4v) is 7.57. The SMILES string of the molecule is O=C(CN(CCc1ccccc1)S(=O)(=O)c1ccc(Br)cc1)NCc1ccc(S(=O)(=O)N2CCCCC2)cc1. The number of sulfonamides is 2. The molecule has 11 heteroatoms. The number of nitrogens with one attached hydrogen (secondary N) is 1. The molecular formula is C28H32BrN3O5S2. The van der Waals surface area contributed by atoms with E-state index in [9.17, 15) is 21.6 Å². The van der Waals surface area contributed by atoms with Crippen molar-refractivity contribution < 1.29 is 21.6 Å². The van der Waals surface area contributed by atoms with Gasteiger partial charge in [0.2, 0.25) is 26.0 Å². The van der Waals surface area contributed by atoms with Gasteiger partial charge in [-0.15, -0.1) is 0 Å². The molecule has 0 unspecified atom stereocenters. The van der Waals surface area contributed by atoms with E-state index in [2.05, 4.69) is 21.2 Å². The minimum absolute atomic E-state index is 0.108. The van der Waals surface area contributed by atoms with Gasteiger partial charge in [0.05, 0.1) is 16.3 Å². The van der Waals surface area contributed by atoms with E-state index in [1.807, 2.05) is 30.3 Å². The van der Waals surface area contributed by atoms with Gasteiger partial charge in [-0.2, -0.15) is 8.61 Å². The summed E-state index contributed by atoms with van der Waals surface area (Å²) in [6, 6.07) is 22.3. The summed E-state index contributed by atoms with van der Waals surface area (Å²) >= 11 is 3.32. The van der Waals surface area contributed by atoms with Crippen LogP contribution in [0.2, 0.25) is 0 Å². The number of rotatable bonds is 11. The molecule has 0 radical (unpaired) electrons. The molecule has 1 amide bonds. The normalized spacial score (nSPS) is 14.8. The molecular weight excluding hydrogens is 602 g/mol. The van der Waals surface area contributed by atoms with Crippen molar-refractivity contribution in [1.82, 2.24) is 13.9 Å². The maximum Gasteiger partial charge on any atom is 0.243 e. The van der Waals surface area contributed by atoms with Crippen molar-refractivity contribution in [2.24, 2.45) is 0 Å². The second-order valence-electron chi connectivity index (χ2n) is 9.41. The van der Waals surface area contributed by atoms with Crippen LogP contribution in [0.3, 0.4) is 0 Å². The van der Waals surface area contributed by atoms with E-state index in [0.717, 1.165) is 29.3 Å². The number of carbonyl (C=O) groups is 1. The molecule has 1 aliphatic heterocycles. The Labute approximate surface area is 239 Å². The molecule has 1 aliphatic rings. The first-order valence-electron chi connectivity index (χ1n) is 12.8. The van der Waals surface area contributed by atoms with Crippen molar-refractivity contribution in [3.8, 4) is 0 Å². The molecule has 3 aromatic carbocycles. The Morgan fingerprint density at radius 1 is 0.795 bits per heavy atom. The Balaban J connectivity index is 1.41. The molecule has 0 bridgehead atoms. The second kappa shape index (κ2) is 13.2. The largest absolute Gasteiger partial charge is 0.351 e. The van der Waals surface area contributed by atoms with Crippen molar-refractivity contribution in [2.75, 3.05) is 26.2 Å². The Bertz CT molecular complexity index is 1460. The smallest absolute Gasteiger partial charge is 0.243 e. The minimum atomic E-state index is -3.92. The van der Waals surface area contributed by atoms with Crippen LogP contribution in [0.15, 0.2) is 93.1 Å². The number of hydrogen-bond donors (Lipinski definition) is 1. The topological polar surface area (TPSA) is 104 Å². The van der Waals surface area contributed by atoms with Gasteiger partial charge in [-0.3, -0.25) is 4.79 Å². The third-order valence-corrected chi connectivity index (χ3v) is 10.9. The summed E-state index contributed by atoms with van der Waals surface area (Å²) in [5.74, 6) is -0.450. The molecule has 8 nitrogen and oxygen atoms in total. The number of nitrogens with zero attached hydrogens (tertiary/aromatic N) is 2. The van der Waals surface area contributed by atoms with Gasteiger partial charge in [0, 0.05) is 30.7 Å². The Kier molecular flexibility index (Phi) is 9.95. The molecule has 0 spiro atoms. The van der Waals surface area contributed by atoms with E-state index in [-0.39, 0.29) is 29.4 Å². The van der Waals surface area contributed by atoms with Crippen LogP contribution in [-0.2, 0) is 37.8 Å². The van der Waals surface area contributed by atoms with Crippen LogP contribution in [0.4, 0.5) is 0 Å². The van der Waals surface area contributed by atoms with Crippen LogP contribution in [0.1, 0.15) is 30.4 Å². The van der Waals surface area contributed by atoms with Crippen LogP contribution < -0.4 is 5.32 Å². The lowest BCUT2D eigenvalue weighted by Gasteiger charge is -2.25. The highest BCUT2D eigenvalue weighted by Crippen LogP contribution is 2.22. The summed E-state index contributed by atoms with van der Waals surface area (Å²) in [5.41, 5.74) is 1.68. The van der Waals surface area contributed by atoms with Gasteiger partial charge in [0.25, 0.3) is 0 Å². The fraction of sp³-hybridized carbons (Fsp3) is 0.321. The number of hydrogen-bond acceptors (Lipinski definition) is 5. The lowest BCUT2D eigenvalue weighted by atomic mass is 10.1. The summed E-state index contributed by atoms with van der Waals surface area (Å²) < 4.78 is 56.0. The molecule has 1 fully saturated rings. The van der Waals surface area contributed by atoms with Crippen LogP contribution in [0, 0.1) is 0 Å². The van der Waals surface area contributed by atoms with E-state index < -0.39 is 26.0 Å². The lowest BCUT2D eigenvalue weighted by Crippen LogP contribution is -2.41. The van der Waals surface area contributed by atoms with Gasteiger partial charge >= 0.3 is 0 Å². The highest BCUT2D eigenvalue weighted by molar-refractivity contribution is 9.10. The maximum absolute atomic E-state index is 13.4. The van der Waals surface area contributed by atoms with E-state index in [1.165, 1.54) is 20.7 Å². The van der Waals surface area contributed by atoms with Gasteiger partial charge in [0.1, 0.15) is 0 Å². The molecule has 208 valence electrons. The van der Waals surface area contributed by atoms with Crippen LogP contribution in [-0.4, -0.2) is 57.5 Å². The van der Waals surface area contributed by atoms with E-state index in [1.54, 1.807) is 36.4 Å². The van der Waals surface area contributed by atoms with Crippen molar-refractivity contribution in [2.45, 2.75) is 42.0 Å². The highest BCUT2D eigenvalue weighted by atomic mass is 79.9. The monoisotopic (exact) mass is 633 g/mol. The number of piperidine rings is 1. The molecule has 0 aliphatic carbocycles. The third-order valence-electron chi connectivity index (χ3n) is 6.63. The van der Waals surface area contributed by atoms with E-state index >= 15 is 0 Å². The fourth-order valence-electron chi connectivity index (χ4n) is 4.39. The summed E-state index contributed by atoms with van der Waals surface area (Å²) in [4.78, 5) is 13.2. The van der Waals surface area contributed by atoms with E-state index in [4.69, 9.17) is 0 Å². The first kappa shape index (κ1) is 29.4. The molecule has 1 N–H and O–H groups in total. The lowest BCUT2D eigenvalue weighted by molar-refractivity contribution is -0.121. The van der Waals surface area contributed by atoms with Crippen molar-refractivity contribution in [3.05, 3.63) is 94.5 Å². The van der Waals surface area contributed by atoms with Crippen LogP contribution >= 0.6 is 15.9 Å². The summed E-state index contributed by atoms with van der Waals surface area (Å²) in [5, 5.41) is 2.77. The predicted molar refractivity (Wildman–Crippen MR) is 154 cm³/mol. The molecule has 0 atom stereocenters. The van der Waals surface area contributed by atoms with Crippen LogP contribution in [0.5, 0.6) is 0 Å². The molecule has 1 saturated heterocycles. The molecule has 1 heterocycles. The molecule has 39 heavy (non-hydrogen) atoms. The van der Waals surface area contributed by atoms with Gasteiger partial charge in [-0.1, -0.05) is 64.8 Å². The molecule has 0 saturated carbocycles. The zero-order chi connectivity index (χ0) is 27.9.